The first-order chi connectivity index (χ1) is 9.90. The van der Waals surface area contributed by atoms with E-state index in [2.05, 4.69) is 10.3 Å². The number of anilines is 1. The fraction of sp³-hybridized carbons (Fsp3) is 0.214. The van der Waals surface area contributed by atoms with Gasteiger partial charge in [0.25, 0.3) is 5.91 Å². The average molecular weight is 322 g/mol. The van der Waals surface area contributed by atoms with Gasteiger partial charge in [0.15, 0.2) is 10.7 Å². The zero-order valence-corrected chi connectivity index (χ0v) is 13.0. The number of nitriles is 1. The molecule has 5 nitrogen and oxygen atoms in total. The van der Waals surface area contributed by atoms with Gasteiger partial charge in [-0.2, -0.15) is 5.26 Å². The van der Waals surface area contributed by atoms with E-state index in [9.17, 15) is 4.79 Å². The second-order valence-corrected chi connectivity index (χ2v) is 6.33. The Kier molecular flexibility index (Phi) is 4.46. The molecule has 1 heterocycles. The van der Waals surface area contributed by atoms with Crippen molar-refractivity contribution in [2.24, 2.45) is 0 Å². The second-order valence-electron chi connectivity index (χ2n) is 4.67. The molecule has 1 aromatic carbocycles. The maximum absolute atomic E-state index is 12.2. The number of nitrogens with one attached hydrogen (secondary N) is 1. The lowest BCUT2D eigenvalue weighted by Gasteiger charge is -2.24. The van der Waals surface area contributed by atoms with E-state index in [1.807, 2.05) is 6.07 Å². The minimum absolute atomic E-state index is 0.335. The summed E-state index contributed by atoms with van der Waals surface area (Å²) in [4.78, 5) is 16.2. The van der Waals surface area contributed by atoms with Crippen LogP contribution in [0.4, 0.5) is 5.13 Å². The smallest absolute Gasteiger partial charge is 0.269 e. The van der Waals surface area contributed by atoms with Crippen molar-refractivity contribution >= 4 is 34.0 Å². The first-order valence-electron chi connectivity index (χ1n) is 6.03. The predicted molar refractivity (Wildman–Crippen MR) is 81.6 cm³/mol. The van der Waals surface area contributed by atoms with Crippen LogP contribution >= 0.6 is 22.9 Å². The molecule has 1 aromatic heterocycles. The van der Waals surface area contributed by atoms with Gasteiger partial charge in [-0.05, 0) is 38.1 Å². The highest BCUT2D eigenvalue weighted by atomic mass is 35.5. The Labute approximate surface area is 131 Å². The van der Waals surface area contributed by atoms with Crippen molar-refractivity contribution in [1.82, 2.24) is 4.98 Å². The van der Waals surface area contributed by atoms with Crippen LogP contribution in [0.2, 0.25) is 4.34 Å². The van der Waals surface area contributed by atoms with Crippen LogP contribution < -0.4 is 10.1 Å². The maximum Gasteiger partial charge on any atom is 0.269 e. The number of rotatable bonds is 4. The summed E-state index contributed by atoms with van der Waals surface area (Å²) in [6.07, 6.45) is 1.47. The van der Waals surface area contributed by atoms with Gasteiger partial charge in [-0.3, -0.25) is 10.1 Å². The zero-order valence-electron chi connectivity index (χ0n) is 11.4. The fourth-order valence-electron chi connectivity index (χ4n) is 1.50. The van der Waals surface area contributed by atoms with Gasteiger partial charge in [0.2, 0.25) is 0 Å². The van der Waals surface area contributed by atoms with E-state index in [0.29, 0.717) is 20.8 Å². The zero-order chi connectivity index (χ0) is 15.5. The molecule has 2 rings (SSSR count). The summed E-state index contributed by atoms with van der Waals surface area (Å²) in [6.45, 7) is 3.30. The predicted octanol–water partition coefficient (Wildman–Crippen LogP) is 3.46. The van der Waals surface area contributed by atoms with Crippen LogP contribution in [0.3, 0.4) is 0 Å². The van der Waals surface area contributed by atoms with Crippen LogP contribution in [0, 0.1) is 11.3 Å². The lowest BCUT2D eigenvalue weighted by molar-refractivity contribution is -0.128. The van der Waals surface area contributed by atoms with E-state index in [4.69, 9.17) is 21.6 Å². The molecule has 108 valence electrons. The molecule has 7 heteroatoms. The number of thiazole rings is 1. The standard InChI is InChI=1S/C14H12ClN3O2S/c1-14(2,12(19)18-13-17-8-11(15)21-13)20-10-5-3-9(7-16)4-6-10/h3-6,8H,1-2H3,(H,17,18,19). The molecule has 0 spiro atoms. The monoisotopic (exact) mass is 321 g/mol. The van der Waals surface area contributed by atoms with Crippen molar-refractivity contribution in [3.8, 4) is 11.8 Å². The molecule has 0 aliphatic heterocycles. The van der Waals surface area contributed by atoms with Gasteiger partial charge in [0.05, 0.1) is 17.8 Å². The number of carbonyl (C=O) groups excluding carboxylic acids is 1. The molecule has 0 aliphatic rings. The SMILES string of the molecule is CC(C)(Oc1ccc(C#N)cc1)C(=O)Nc1ncc(Cl)s1. The highest BCUT2D eigenvalue weighted by molar-refractivity contribution is 7.19. The summed E-state index contributed by atoms with van der Waals surface area (Å²) in [6, 6.07) is 8.57. The third-order valence-corrected chi connectivity index (χ3v) is 3.63. The average Bonchev–Trinajstić information content (AvgIpc) is 2.84. The quantitative estimate of drug-likeness (QED) is 0.935. The van der Waals surface area contributed by atoms with Crippen LogP contribution in [-0.2, 0) is 4.79 Å². The van der Waals surface area contributed by atoms with Crippen molar-refractivity contribution in [2.45, 2.75) is 19.4 Å². The van der Waals surface area contributed by atoms with Crippen molar-refractivity contribution in [3.63, 3.8) is 0 Å². The van der Waals surface area contributed by atoms with Gasteiger partial charge in [-0.15, -0.1) is 0 Å². The Balaban J connectivity index is 2.05. The molecule has 2 aromatic rings. The Hall–Kier alpha value is -2.10. The lowest BCUT2D eigenvalue weighted by atomic mass is 10.1. The Morgan fingerprint density at radius 2 is 2.10 bits per heavy atom. The minimum atomic E-state index is -1.09. The van der Waals surface area contributed by atoms with Gasteiger partial charge in [-0.25, -0.2) is 4.98 Å². The molecule has 0 aliphatic carbocycles. The number of benzene rings is 1. The minimum Gasteiger partial charge on any atom is -0.478 e. The highest BCUT2D eigenvalue weighted by Crippen LogP contribution is 2.25. The molecular weight excluding hydrogens is 310 g/mol. The second kappa shape index (κ2) is 6.12. The third kappa shape index (κ3) is 3.94. The molecule has 0 saturated carbocycles. The van der Waals surface area contributed by atoms with Gasteiger partial charge < -0.3 is 4.74 Å². The van der Waals surface area contributed by atoms with Gasteiger partial charge in [0, 0.05) is 0 Å². The van der Waals surface area contributed by atoms with E-state index in [-0.39, 0.29) is 5.91 Å². The number of ether oxygens (including phenoxy) is 1. The maximum atomic E-state index is 12.2. The Morgan fingerprint density at radius 3 is 2.62 bits per heavy atom. The molecule has 0 unspecified atom stereocenters. The summed E-state index contributed by atoms with van der Waals surface area (Å²) in [5.74, 6) is 0.171. The van der Waals surface area contributed by atoms with E-state index >= 15 is 0 Å². The number of hydrogen-bond donors (Lipinski definition) is 1. The normalized spacial score (nSPS) is 10.8. The summed E-state index contributed by atoms with van der Waals surface area (Å²) in [5, 5.41) is 11.8. The molecule has 0 saturated heterocycles. The van der Waals surface area contributed by atoms with E-state index in [1.54, 1.807) is 38.1 Å². The summed E-state index contributed by atoms with van der Waals surface area (Å²) < 4.78 is 6.16. The molecule has 0 fully saturated rings. The van der Waals surface area contributed by atoms with Crippen LogP contribution in [-0.4, -0.2) is 16.5 Å². The van der Waals surface area contributed by atoms with Crippen molar-refractivity contribution < 1.29 is 9.53 Å². The molecular formula is C14H12ClN3O2S. The Morgan fingerprint density at radius 1 is 1.43 bits per heavy atom. The molecule has 0 radical (unpaired) electrons. The number of hydrogen-bond acceptors (Lipinski definition) is 5. The number of amides is 1. The number of aromatic nitrogens is 1. The molecule has 0 atom stereocenters. The van der Waals surface area contributed by atoms with Crippen molar-refractivity contribution in [1.29, 1.82) is 5.26 Å². The van der Waals surface area contributed by atoms with Crippen molar-refractivity contribution in [3.05, 3.63) is 40.4 Å². The summed E-state index contributed by atoms with van der Waals surface area (Å²) in [7, 11) is 0. The van der Waals surface area contributed by atoms with Crippen LogP contribution in [0.5, 0.6) is 5.75 Å². The summed E-state index contributed by atoms with van der Waals surface area (Å²) >= 11 is 6.94. The fourth-order valence-corrected chi connectivity index (χ4v) is 2.31. The topological polar surface area (TPSA) is 75.0 Å². The first kappa shape index (κ1) is 15.3. The number of halogens is 1. The van der Waals surface area contributed by atoms with Gasteiger partial charge in [0.1, 0.15) is 10.1 Å². The number of carbonyl (C=O) groups is 1. The van der Waals surface area contributed by atoms with E-state index in [0.717, 1.165) is 0 Å². The third-order valence-electron chi connectivity index (χ3n) is 2.60. The number of nitrogens with zero attached hydrogens (tertiary/aromatic N) is 2. The van der Waals surface area contributed by atoms with Crippen LogP contribution in [0.25, 0.3) is 0 Å². The lowest BCUT2D eigenvalue weighted by Crippen LogP contribution is -2.42. The van der Waals surface area contributed by atoms with Gasteiger partial charge >= 0.3 is 0 Å². The van der Waals surface area contributed by atoms with Crippen molar-refractivity contribution in [2.75, 3.05) is 5.32 Å². The molecule has 1 N–H and O–H groups in total. The van der Waals surface area contributed by atoms with Crippen LogP contribution in [0.15, 0.2) is 30.5 Å². The first-order valence-corrected chi connectivity index (χ1v) is 7.22. The summed E-state index contributed by atoms with van der Waals surface area (Å²) in [5.41, 5.74) is -0.561. The van der Waals surface area contributed by atoms with E-state index < -0.39 is 5.60 Å². The molecule has 1 amide bonds. The van der Waals surface area contributed by atoms with E-state index in [1.165, 1.54) is 17.5 Å². The molecule has 0 bridgehead atoms. The molecule has 21 heavy (non-hydrogen) atoms. The van der Waals surface area contributed by atoms with Gasteiger partial charge in [-0.1, -0.05) is 22.9 Å². The Bertz CT molecular complexity index is 689. The highest BCUT2D eigenvalue weighted by Gasteiger charge is 2.30. The largest absolute Gasteiger partial charge is 0.478 e. The van der Waals surface area contributed by atoms with Crippen LogP contribution in [0.1, 0.15) is 19.4 Å².